The highest BCUT2D eigenvalue weighted by Gasteiger charge is 2.32. The molecule has 0 bridgehead atoms. The highest BCUT2D eigenvalue weighted by Crippen LogP contribution is 2.37. The van der Waals surface area contributed by atoms with E-state index >= 15 is 0 Å². The summed E-state index contributed by atoms with van der Waals surface area (Å²) >= 11 is 7.69. The minimum atomic E-state index is -4.51. The minimum Gasteiger partial charge on any atom is -0.488 e. The molecule has 220 valence electrons. The van der Waals surface area contributed by atoms with E-state index in [0.717, 1.165) is 51.8 Å². The summed E-state index contributed by atoms with van der Waals surface area (Å²) in [5.41, 5.74) is 4.64. The van der Waals surface area contributed by atoms with Gasteiger partial charge in [-0.3, -0.25) is 9.78 Å². The van der Waals surface area contributed by atoms with Crippen LogP contribution in [0.15, 0.2) is 54.0 Å². The van der Waals surface area contributed by atoms with E-state index in [0.29, 0.717) is 37.2 Å². The number of thiazole rings is 1. The summed E-state index contributed by atoms with van der Waals surface area (Å²) in [6.45, 7) is 5.58. The van der Waals surface area contributed by atoms with Crippen molar-refractivity contribution in [1.82, 2.24) is 9.97 Å². The fourth-order valence-electron chi connectivity index (χ4n) is 4.94. The van der Waals surface area contributed by atoms with Crippen LogP contribution in [0.25, 0.3) is 22.5 Å². The Hall–Kier alpha value is -3.63. The van der Waals surface area contributed by atoms with Crippen molar-refractivity contribution in [3.63, 3.8) is 0 Å². The van der Waals surface area contributed by atoms with E-state index in [4.69, 9.17) is 21.3 Å². The van der Waals surface area contributed by atoms with Crippen LogP contribution in [0.1, 0.15) is 42.0 Å². The van der Waals surface area contributed by atoms with Crippen LogP contribution in [-0.4, -0.2) is 34.1 Å². The minimum absolute atomic E-state index is 0.0669. The number of nitrogens with zero attached hydrogens (tertiary/aromatic N) is 3. The number of alkyl halides is 3. The van der Waals surface area contributed by atoms with Crippen LogP contribution in [0.5, 0.6) is 5.75 Å². The van der Waals surface area contributed by atoms with Gasteiger partial charge in [-0.25, -0.2) is 4.98 Å². The van der Waals surface area contributed by atoms with Gasteiger partial charge < -0.3 is 14.7 Å². The molecule has 11 heteroatoms. The Morgan fingerprint density at radius 3 is 2.57 bits per heavy atom. The van der Waals surface area contributed by atoms with Gasteiger partial charge >= 0.3 is 12.1 Å². The maximum absolute atomic E-state index is 13.0. The Kier molecular flexibility index (Phi) is 8.75. The fourth-order valence-corrected chi connectivity index (χ4v) is 6.09. The maximum atomic E-state index is 13.0. The third-order valence-electron chi connectivity index (χ3n) is 7.50. The first-order valence-corrected chi connectivity index (χ1v) is 14.8. The molecule has 4 aromatic rings. The Morgan fingerprint density at radius 2 is 1.93 bits per heavy atom. The summed E-state index contributed by atoms with van der Waals surface area (Å²) in [5, 5.41) is 12.1. The zero-order valence-electron chi connectivity index (χ0n) is 23.0. The number of aromatic nitrogens is 2. The lowest BCUT2D eigenvalue weighted by atomic mass is 9.97. The molecule has 0 spiro atoms. The molecule has 6 nitrogen and oxygen atoms in total. The molecule has 0 aliphatic carbocycles. The van der Waals surface area contributed by atoms with Gasteiger partial charge in [-0.2, -0.15) is 13.2 Å². The molecule has 2 aromatic carbocycles. The average molecular weight is 616 g/mol. The number of pyridine rings is 1. The van der Waals surface area contributed by atoms with E-state index < -0.39 is 17.7 Å². The molecule has 1 aliphatic rings. The summed E-state index contributed by atoms with van der Waals surface area (Å²) < 4.78 is 45.3. The number of hydrogen-bond donors (Lipinski definition) is 1. The Balaban J connectivity index is 1.33. The standard InChI is InChI=1S/C31H29ClF3N3O3S/c1-3-19-4-7-27(24(13-19)26-17-42-30(37-26)38-10-8-20(9-11-38)29(39)40)41-16-22-6-5-21(12-18(22)2)28-25(32)14-23(15-36-28)31(33,34)35/h4-7,12-15,17,20H,3,8-11,16H2,1-2H3,(H,39,40). The largest absolute Gasteiger partial charge is 0.488 e. The van der Waals surface area contributed by atoms with Crippen LogP contribution < -0.4 is 9.64 Å². The summed E-state index contributed by atoms with van der Waals surface area (Å²) in [7, 11) is 0. The van der Waals surface area contributed by atoms with Gasteiger partial charge in [0.15, 0.2) is 5.13 Å². The van der Waals surface area contributed by atoms with Crippen molar-refractivity contribution in [2.45, 2.75) is 45.9 Å². The van der Waals surface area contributed by atoms with Gasteiger partial charge in [-0.05, 0) is 67.1 Å². The van der Waals surface area contributed by atoms with Crippen molar-refractivity contribution >= 4 is 34.0 Å². The van der Waals surface area contributed by atoms with E-state index in [1.165, 1.54) is 11.3 Å². The van der Waals surface area contributed by atoms with Crippen molar-refractivity contribution in [1.29, 1.82) is 0 Å². The highest BCUT2D eigenvalue weighted by atomic mass is 35.5. The first kappa shape index (κ1) is 29.8. The average Bonchev–Trinajstić information content (AvgIpc) is 3.46. The number of rotatable bonds is 8. The first-order valence-electron chi connectivity index (χ1n) is 13.6. The number of hydrogen-bond acceptors (Lipinski definition) is 6. The third kappa shape index (κ3) is 6.55. The van der Waals surface area contributed by atoms with Gasteiger partial charge in [0.2, 0.25) is 0 Å². The Morgan fingerprint density at radius 1 is 1.17 bits per heavy atom. The van der Waals surface area contributed by atoms with Crippen molar-refractivity contribution in [3.05, 3.63) is 81.3 Å². The molecule has 1 N–H and O–H groups in total. The summed E-state index contributed by atoms with van der Waals surface area (Å²) in [6.07, 6.45) is -1.67. The fraction of sp³-hybridized carbons (Fsp3) is 0.323. The Labute approximate surface area is 250 Å². The summed E-state index contributed by atoms with van der Waals surface area (Å²) in [6, 6.07) is 12.4. The van der Waals surface area contributed by atoms with Gasteiger partial charge in [0, 0.05) is 35.8 Å². The normalized spacial score (nSPS) is 14.3. The monoisotopic (exact) mass is 615 g/mol. The first-order chi connectivity index (χ1) is 20.0. The van der Waals surface area contributed by atoms with Crippen LogP contribution in [0, 0.1) is 12.8 Å². The molecule has 3 heterocycles. The lowest BCUT2D eigenvalue weighted by molar-refractivity contribution is -0.142. The number of carbonyl (C=O) groups is 1. The number of carboxylic acids is 1. The van der Waals surface area contributed by atoms with Gasteiger partial charge in [-0.15, -0.1) is 11.3 Å². The molecule has 0 atom stereocenters. The molecule has 1 fully saturated rings. The number of aliphatic carboxylic acids is 1. The summed E-state index contributed by atoms with van der Waals surface area (Å²) in [5.74, 6) is -0.357. The van der Waals surface area contributed by atoms with Crippen LogP contribution in [-0.2, 0) is 24.0 Å². The molecule has 42 heavy (non-hydrogen) atoms. The second kappa shape index (κ2) is 12.3. The van der Waals surface area contributed by atoms with Gasteiger partial charge in [-0.1, -0.05) is 36.7 Å². The summed E-state index contributed by atoms with van der Waals surface area (Å²) in [4.78, 5) is 22.3. The van der Waals surface area contributed by atoms with E-state index in [9.17, 15) is 23.1 Å². The lowest BCUT2D eigenvalue weighted by Gasteiger charge is -2.29. The van der Waals surface area contributed by atoms with E-state index in [1.54, 1.807) is 6.07 Å². The number of piperidine rings is 1. The van der Waals surface area contributed by atoms with E-state index in [2.05, 4.69) is 22.9 Å². The number of halogens is 4. The number of anilines is 1. The predicted molar refractivity (Wildman–Crippen MR) is 158 cm³/mol. The van der Waals surface area contributed by atoms with Gasteiger partial charge in [0.1, 0.15) is 12.4 Å². The smallest absolute Gasteiger partial charge is 0.417 e. The van der Waals surface area contributed by atoms with Crippen molar-refractivity contribution in [3.8, 4) is 28.3 Å². The molecule has 0 radical (unpaired) electrons. The van der Waals surface area contributed by atoms with Crippen LogP contribution in [0.4, 0.5) is 18.3 Å². The number of aryl methyl sites for hydroxylation is 2. The molecule has 5 rings (SSSR count). The lowest BCUT2D eigenvalue weighted by Crippen LogP contribution is -2.36. The quantitative estimate of drug-likeness (QED) is 0.215. The van der Waals surface area contributed by atoms with E-state index in [1.807, 2.05) is 36.6 Å². The molecular weight excluding hydrogens is 587 g/mol. The molecule has 2 aromatic heterocycles. The third-order valence-corrected chi connectivity index (χ3v) is 8.69. The molecule has 0 saturated carbocycles. The van der Waals surface area contributed by atoms with Crippen LogP contribution in [0.2, 0.25) is 5.02 Å². The maximum Gasteiger partial charge on any atom is 0.417 e. The van der Waals surface area contributed by atoms with Crippen molar-refractivity contribution in [2.75, 3.05) is 18.0 Å². The Bertz CT molecular complexity index is 1600. The van der Waals surface area contributed by atoms with Gasteiger partial charge in [0.25, 0.3) is 0 Å². The number of ether oxygens (including phenoxy) is 1. The highest BCUT2D eigenvalue weighted by molar-refractivity contribution is 7.14. The molecule has 0 unspecified atom stereocenters. The SMILES string of the molecule is CCc1ccc(OCc2ccc(-c3ncc(C(F)(F)F)cc3Cl)cc2C)c(-c2csc(N3CCC(C(=O)O)CC3)n2)c1. The molecular formula is C31H29ClF3N3O3S. The van der Waals surface area contributed by atoms with Crippen molar-refractivity contribution in [2.24, 2.45) is 5.92 Å². The van der Waals surface area contributed by atoms with Crippen molar-refractivity contribution < 1.29 is 27.8 Å². The van der Waals surface area contributed by atoms with E-state index in [-0.39, 0.29) is 23.2 Å². The zero-order valence-corrected chi connectivity index (χ0v) is 24.6. The zero-order chi connectivity index (χ0) is 30.0. The molecule has 1 saturated heterocycles. The predicted octanol–water partition coefficient (Wildman–Crippen LogP) is 8.30. The molecule has 0 amide bonds. The molecule has 1 aliphatic heterocycles. The van der Waals surface area contributed by atoms with Gasteiger partial charge in [0.05, 0.1) is 27.9 Å². The second-order valence-corrected chi connectivity index (χ2v) is 11.5. The van der Waals surface area contributed by atoms with Crippen LogP contribution >= 0.6 is 22.9 Å². The number of carboxylic acid groups (broad SMARTS) is 1. The second-order valence-electron chi connectivity index (χ2n) is 10.3. The topological polar surface area (TPSA) is 75.5 Å². The number of benzene rings is 2. The van der Waals surface area contributed by atoms with Crippen LogP contribution in [0.3, 0.4) is 0 Å².